The first-order valence-corrected chi connectivity index (χ1v) is 6.54. The Kier molecular flexibility index (Phi) is 3.58. The van der Waals surface area contributed by atoms with Crippen LogP contribution in [0, 0.1) is 11.3 Å². The maximum Gasteiger partial charge on any atom is 0.0992 e. The quantitative estimate of drug-likeness (QED) is 0.867. The van der Waals surface area contributed by atoms with Crippen LogP contribution in [0.4, 0.5) is 5.69 Å². The van der Waals surface area contributed by atoms with Crippen molar-refractivity contribution in [2.75, 3.05) is 18.5 Å². The van der Waals surface area contributed by atoms with Crippen LogP contribution in [0.25, 0.3) is 0 Å². The van der Waals surface area contributed by atoms with Crippen molar-refractivity contribution in [2.45, 2.75) is 38.3 Å². The van der Waals surface area contributed by atoms with Gasteiger partial charge < -0.3 is 10.2 Å². The number of nitrogens with zero attached hydrogens (tertiary/aromatic N) is 2. The minimum atomic E-state index is 0.0705. The number of rotatable bonds is 2. The summed E-state index contributed by atoms with van der Waals surface area (Å²) in [6, 6.07) is 10.6. The van der Waals surface area contributed by atoms with Crippen molar-refractivity contribution >= 4 is 5.69 Å². The van der Waals surface area contributed by atoms with Gasteiger partial charge in [-0.25, -0.2) is 0 Å². The Morgan fingerprint density at radius 1 is 1.44 bits per heavy atom. The SMILES string of the molecule is CNC1CCCN(c2cccc(C#N)c2)C1(C)C. The van der Waals surface area contributed by atoms with Gasteiger partial charge in [-0.3, -0.25) is 0 Å². The third-order valence-corrected chi connectivity index (χ3v) is 4.06. The minimum Gasteiger partial charge on any atom is -0.365 e. The Labute approximate surface area is 109 Å². The van der Waals surface area contributed by atoms with Crippen LogP contribution in [0.2, 0.25) is 0 Å². The fourth-order valence-corrected chi connectivity index (χ4v) is 2.99. The molecule has 0 amide bonds. The Bertz CT molecular complexity index is 459. The van der Waals surface area contributed by atoms with Crippen LogP contribution in [-0.4, -0.2) is 25.2 Å². The maximum absolute atomic E-state index is 9.01. The lowest BCUT2D eigenvalue weighted by atomic mass is 9.84. The van der Waals surface area contributed by atoms with E-state index in [-0.39, 0.29) is 5.54 Å². The molecule has 0 bridgehead atoms. The predicted molar refractivity (Wildman–Crippen MR) is 74.7 cm³/mol. The van der Waals surface area contributed by atoms with E-state index in [0.717, 1.165) is 17.8 Å². The number of anilines is 1. The van der Waals surface area contributed by atoms with E-state index >= 15 is 0 Å². The van der Waals surface area contributed by atoms with Crippen LogP contribution in [0.5, 0.6) is 0 Å². The van der Waals surface area contributed by atoms with E-state index in [4.69, 9.17) is 5.26 Å². The van der Waals surface area contributed by atoms with Crippen molar-refractivity contribution in [1.82, 2.24) is 5.32 Å². The number of hydrogen-bond donors (Lipinski definition) is 1. The van der Waals surface area contributed by atoms with E-state index in [1.807, 2.05) is 25.2 Å². The lowest BCUT2D eigenvalue weighted by Crippen LogP contribution is -2.60. The van der Waals surface area contributed by atoms with Gasteiger partial charge in [0.1, 0.15) is 0 Å². The molecule has 0 aliphatic carbocycles. The molecule has 2 rings (SSSR count). The summed E-state index contributed by atoms with van der Waals surface area (Å²) in [6.45, 7) is 5.60. The fourth-order valence-electron chi connectivity index (χ4n) is 2.99. The lowest BCUT2D eigenvalue weighted by molar-refractivity contribution is 0.275. The third kappa shape index (κ3) is 2.21. The molecule has 1 aliphatic heterocycles. The second kappa shape index (κ2) is 4.99. The predicted octanol–water partition coefficient (Wildman–Crippen LogP) is 2.53. The molecule has 1 fully saturated rings. The maximum atomic E-state index is 9.01. The van der Waals surface area contributed by atoms with Gasteiger partial charge in [-0.05, 0) is 51.9 Å². The number of hydrogen-bond acceptors (Lipinski definition) is 3. The molecule has 0 saturated carbocycles. The molecule has 96 valence electrons. The van der Waals surface area contributed by atoms with Gasteiger partial charge in [-0.1, -0.05) is 6.07 Å². The van der Waals surface area contributed by atoms with Crippen molar-refractivity contribution in [3.63, 3.8) is 0 Å². The normalized spacial score (nSPS) is 22.6. The molecule has 1 heterocycles. The zero-order chi connectivity index (χ0) is 13.2. The van der Waals surface area contributed by atoms with Crippen molar-refractivity contribution in [1.29, 1.82) is 5.26 Å². The molecular formula is C15H21N3. The molecule has 0 spiro atoms. The van der Waals surface area contributed by atoms with Gasteiger partial charge in [0.2, 0.25) is 0 Å². The molecule has 1 aromatic carbocycles. The Morgan fingerprint density at radius 3 is 2.89 bits per heavy atom. The standard InChI is InChI=1S/C15H21N3/c1-15(2)14(17-3)8-5-9-18(15)13-7-4-6-12(10-13)11-16/h4,6-7,10,14,17H,5,8-9H2,1-3H3. The minimum absolute atomic E-state index is 0.0705. The number of benzene rings is 1. The van der Waals surface area contributed by atoms with Gasteiger partial charge in [0.15, 0.2) is 0 Å². The highest BCUT2D eigenvalue weighted by Gasteiger charge is 2.37. The molecule has 1 atom stereocenters. The van der Waals surface area contributed by atoms with Gasteiger partial charge in [0.05, 0.1) is 11.6 Å². The van der Waals surface area contributed by atoms with Crippen LogP contribution in [0.15, 0.2) is 24.3 Å². The summed E-state index contributed by atoms with van der Waals surface area (Å²) in [5.41, 5.74) is 1.95. The van der Waals surface area contributed by atoms with E-state index in [9.17, 15) is 0 Å². The average Bonchev–Trinajstić information content (AvgIpc) is 2.38. The summed E-state index contributed by atoms with van der Waals surface area (Å²) in [7, 11) is 2.03. The van der Waals surface area contributed by atoms with Crippen LogP contribution < -0.4 is 10.2 Å². The highest BCUT2D eigenvalue weighted by atomic mass is 15.2. The van der Waals surface area contributed by atoms with Crippen molar-refractivity contribution in [3.8, 4) is 6.07 Å². The van der Waals surface area contributed by atoms with Gasteiger partial charge in [0, 0.05) is 23.8 Å². The summed E-state index contributed by atoms with van der Waals surface area (Å²) < 4.78 is 0. The molecule has 0 aromatic heterocycles. The van der Waals surface area contributed by atoms with Gasteiger partial charge >= 0.3 is 0 Å². The molecule has 3 heteroatoms. The molecule has 1 unspecified atom stereocenters. The van der Waals surface area contributed by atoms with E-state index in [1.165, 1.54) is 12.8 Å². The number of nitriles is 1. The van der Waals surface area contributed by atoms with Crippen molar-refractivity contribution in [2.24, 2.45) is 0 Å². The fraction of sp³-hybridized carbons (Fsp3) is 0.533. The number of likely N-dealkylation sites (N-methyl/N-ethyl adjacent to an activating group) is 1. The summed E-state index contributed by atoms with van der Waals surface area (Å²) in [5, 5.41) is 12.4. The molecule has 18 heavy (non-hydrogen) atoms. The third-order valence-electron chi connectivity index (χ3n) is 4.06. The highest BCUT2D eigenvalue weighted by Crippen LogP contribution is 2.32. The summed E-state index contributed by atoms with van der Waals surface area (Å²) in [5.74, 6) is 0. The topological polar surface area (TPSA) is 39.1 Å². The summed E-state index contributed by atoms with van der Waals surface area (Å²) in [4.78, 5) is 2.42. The largest absolute Gasteiger partial charge is 0.365 e. The number of piperidine rings is 1. The van der Waals surface area contributed by atoms with Gasteiger partial charge in [0.25, 0.3) is 0 Å². The molecule has 3 nitrogen and oxygen atoms in total. The summed E-state index contributed by atoms with van der Waals surface area (Å²) >= 11 is 0. The zero-order valence-electron chi connectivity index (χ0n) is 11.4. The van der Waals surface area contributed by atoms with E-state index < -0.39 is 0 Å². The Hall–Kier alpha value is -1.53. The van der Waals surface area contributed by atoms with Crippen LogP contribution in [0.1, 0.15) is 32.3 Å². The van der Waals surface area contributed by atoms with E-state index in [2.05, 4.69) is 36.2 Å². The second-order valence-corrected chi connectivity index (χ2v) is 5.45. The van der Waals surface area contributed by atoms with E-state index in [0.29, 0.717) is 6.04 Å². The first-order chi connectivity index (χ1) is 8.59. The molecular weight excluding hydrogens is 222 g/mol. The first kappa shape index (κ1) is 12.9. The first-order valence-electron chi connectivity index (χ1n) is 6.54. The molecule has 1 aromatic rings. The number of nitrogens with one attached hydrogen (secondary N) is 1. The van der Waals surface area contributed by atoms with Crippen molar-refractivity contribution < 1.29 is 0 Å². The Balaban J connectivity index is 2.34. The van der Waals surface area contributed by atoms with Crippen LogP contribution >= 0.6 is 0 Å². The molecule has 1 N–H and O–H groups in total. The molecule has 1 saturated heterocycles. The summed E-state index contributed by atoms with van der Waals surface area (Å²) in [6.07, 6.45) is 2.39. The lowest BCUT2D eigenvalue weighted by Gasteiger charge is -2.49. The monoisotopic (exact) mass is 243 g/mol. The molecule has 1 aliphatic rings. The van der Waals surface area contributed by atoms with Crippen molar-refractivity contribution in [3.05, 3.63) is 29.8 Å². The van der Waals surface area contributed by atoms with Gasteiger partial charge in [-0.15, -0.1) is 0 Å². The highest BCUT2D eigenvalue weighted by molar-refractivity contribution is 5.54. The van der Waals surface area contributed by atoms with Crippen LogP contribution in [-0.2, 0) is 0 Å². The van der Waals surface area contributed by atoms with E-state index in [1.54, 1.807) is 0 Å². The van der Waals surface area contributed by atoms with Gasteiger partial charge in [-0.2, -0.15) is 5.26 Å². The molecule has 0 radical (unpaired) electrons. The van der Waals surface area contributed by atoms with Crippen LogP contribution in [0.3, 0.4) is 0 Å². The average molecular weight is 243 g/mol. The smallest absolute Gasteiger partial charge is 0.0992 e. The second-order valence-electron chi connectivity index (χ2n) is 5.45. The zero-order valence-corrected chi connectivity index (χ0v) is 11.4. The Morgan fingerprint density at radius 2 is 2.22 bits per heavy atom.